The summed E-state index contributed by atoms with van der Waals surface area (Å²) in [7, 11) is 1.41. The minimum Gasteiger partial charge on any atom is -0.465 e. The second kappa shape index (κ2) is 6.75. The van der Waals surface area contributed by atoms with Crippen molar-refractivity contribution in [2.45, 2.75) is 25.2 Å². The fourth-order valence-electron chi connectivity index (χ4n) is 4.54. The molecule has 1 atom stereocenters. The summed E-state index contributed by atoms with van der Waals surface area (Å²) >= 11 is 0. The van der Waals surface area contributed by atoms with Crippen molar-refractivity contribution in [2.75, 3.05) is 7.11 Å². The molecule has 1 unspecified atom stereocenters. The molecule has 0 N–H and O–H groups in total. The number of carbonyl (C=O) groups is 1. The Hall–Kier alpha value is -3.20. The molecule has 0 saturated carbocycles. The zero-order valence-electron chi connectivity index (χ0n) is 15.8. The van der Waals surface area contributed by atoms with Gasteiger partial charge in [0.05, 0.1) is 12.7 Å². The van der Waals surface area contributed by atoms with Gasteiger partial charge in [-0.3, -0.25) is 4.98 Å². The van der Waals surface area contributed by atoms with Crippen LogP contribution in [0.25, 0.3) is 21.5 Å². The number of nitrogens with zero attached hydrogens (tertiary/aromatic N) is 1. The second-order valence-corrected chi connectivity index (χ2v) is 7.49. The third-order valence-corrected chi connectivity index (χ3v) is 5.96. The number of esters is 1. The van der Waals surface area contributed by atoms with Crippen LogP contribution in [0.2, 0.25) is 0 Å². The highest BCUT2D eigenvalue weighted by Crippen LogP contribution is 2.37. The van der Waals surface area contributed by atoms with E-state index in [4.69, 9.17) is 4.74 Å². The quantitative estimate of drug-likeness (QED) is 0.349. The highest BCUT2D eigenvalue weighted by atomic mass is 16.5. The van der Waals surface area contributed by atoms with Crippen molar-refractivity contribution in [2.24, 2.45) is 0 Å². The first-order valence-corrected chi connectivity index (χ1v) is 9.71. The van der Waals surface area contributed by atoms with E-state index >= 15 is 0 Å². The highest BCUT2D eigenvalue weighted by Gasteiger charge is 2.23. The zero-order valence-corrected chi connectivity index (χ0v) is 15.8. The Labute approximate surface area is 164 Å². The summed E-state index contributed by atoms with van der Waals surface area (Å²) in [5.41, 5.74) is 4.41. The van der Waals surface area contributed by atoms with Gasteiger partial charge < -0.3 is 4.74 Å². The predicted octanol–water partition coefficient (Wildman–Crippen LogP) is 5.45. The van der Waals surface area contributed by atoms with Crippen LogP contribution in [0.3, 0.4) is 0 Å². The van der Waals surface area contributed by atoms with E-state index < -0.39 is 0 Å². The topological polar surface area (TPSA) is 39.2 Å². The molecule has 5 rings (SSSR count). The standard InChI is InChI=1S/C25H21NO2/c1-28-25(27)19-12-13-26-24(15-19)18-8-9-21-17(14-18)7-11-22-20-5-3-2-4-16(20)6-10-23(21)22/h2-7,10-13,15,18H,8-9,14H2,1H3. The van der Waals surface area contributed by atoms with Crippen molar-refractivity contribution in [3.05, 3.63) is 89.2 Å². The van der Waals surface area contributed by atoms with E-state index in [0.29, 0.717) is 11.5 Å². The molecule has 1 aliphatic rings. The molecular weight excluding hydrogens is 346 g/mol. The van der Waals surface area contributed by atoms with Gasteiger partial charge in [0.2, 0.25) is 0 Å². The Balaban J connectivity index is 1.54. The van der Waals surface area contributed by atoms with E-state index in [1.165, 1.54) is 39.8 Å². The van der Waals surface area contributed by atoms with E-state index in [2.05, 4.69) is 53.5 Å². The van der Waals surface area contributed by atoms with Gasteiger partial charge in [0.25, 0.3) is 0 Å². The summed E-state index contributed by atoms with van der Waals surface area (Å²) in [5, 5.41) is 5.30. The minimum absolute atomic E-state index is 0.308. The number of rotatable bonds is 2. The van der Waals surface area contributed by atoms with Gasteiger partial charge in [-0.2, -0.15) is 0 Å². The van der Waals surface area contributed by atoms with Crippen molar-refractivity contribution in [1.82, 2.24) is 4.98 Å². The largest absolute Gasteiger partial charge is 0.465 e. The molecule has 4 aromatic rings. The first-order chi connectivity index (χ1) is 13.7. The second-order valence-electron chi connectivity index (χ2n) is 7.49. The predicted molar refractivity (Wildman–Crippen MR) is 112 cm³/mol. The molecule has 0 aliphatic heterocycles. The summed E-state index contributed by atoms with van der Waals surface area (Å²) in [5.74, 6) is 0.0211. The number of carbonyl (C=O) groups excluding carboxylic acids is 1. The van der Waals surface area contributed by atoms with Gasteiger partial charge in [-0.05, 0) is 64.1 Å². The number of pyridine rings is 1. The molecule has 0 spiro atoms. The van der Waals surface area contributed by atoms with Crippen molar-refractivity contribution in [3.63, 3.8) is 0 Å². The molecular formula is C25H21NO2. The molecule has 1 heterocycles. The van der Waals surface area contributed by atoms with Crippen LogP contribution < -0.4 is 0 Å². The summed E-state index contributed by atoms with van der Waals surface area (Å²) < 4.78 is 4.85. The molecule has 0 radical (unpaired) electrons. The Kier molecular flexibility index (Phi) is 4.09. The third kappa shape index (κ3) is 2.75. The van der Waals surface area contributed by atoms with Crippen molar-refractivity contribution >= 4 is 27.5 Å². The van der Waals surface area contributed by atoms with Gasteiger partial charge in [0.1, 0.15) is 0 Å². The van der Waals surface area contributed by atoms with E-state index in [1.807, 2.05) is 6.07 Å². The minimum atomic E-state index is -0.308. The van der Waals surface area contributed by atoms with Crippen molar-refractivity contribution in [3.8, 4) is 0 Å². The summed E-state index contributed by atoms with van der Waals surface area (Å²) in [6.45, 7) is 0. The maximum atomic E-state index is 11.9. The number of ether oxygens (including phenoxy) is 1. The normalized spacial score (nSPS) is 16.1. The number of aryl methyl sites for hydroxylation is 1. The SMILES string of the molecule is COC(=O)c1ccnc(C2CCc3c(ccc4c3ccc3ccccc34)C2)c1. The lowest BCUT2D eigenvalue weighted by Gasteiger charge is -2.26. The summed E-state index contributed by atoms with van der Waals surface area (Å²) in [6, 6.07) is 21.2. The Morgan fingerprint density at radius 2 is 1.86 bits per heavy atom. The number of methoxy groups -OCH3 is 1. The molecule has 0 amide bonds. The average molecular weight is 367 g/mol. The molecule has 3 heteroatoms. The number of fused-ring (bicyclic) bond motifs is 5. The van der Waals surface area contributed by atoms with Gasteiger partial charge in [0.15, 0.2) is 0 Å². The van der Waals surface area contributed by atoms with E-state index in [1.54, 1.807) is 12.3 Å². The van der Waals surface area contributed by atoms with Gasteiger partial charge in [-0.1, -0.05) is 48.5 Å². The van der Waals surface area contributed by atoms with Crippen LogP contribution in [-0.2, 0) is 17.6 Å². The zero-order chi connectivity index (χ0) is 19.1. The van der Waals surface area contributed by atoms with Crippen LogP contribution in [0.15, 0.2) is 66.9 Å². The molecule has 0 saturated heterocycles. The van der Waals surface area contributed by atoms with E-state index in [9.17, 15) is 4.79 Å². The van der Waals surface area contributed by atoms with E-state index in [-0.39, 0.29) is 5.97 Å². The molecule has 1 aromatic heterocycles. The van der Waals surface area contributed by atoms with Crippen LogP contribution in [-0.4, -0.2) is 18.1 Å². The first-order valence-electron chi connectivity index (χ1n) is 9.71. The summed E-state index contributed by atoms with van der Waals surface area (Å²) in [4.78, 5) is 16.4. The van der Waals surface area contributed by atoms with Crippen molar-refractivity contribution in [1.29, 1.82) is 0 Å². The Bertz CT molecular complexity index is 1210. The third-order valence-electron chi connectivity index (χ3n) is 5.96. The Morgan fingerprint density at radius 3 is 2.75 bits per heavy atom. The van der Waals surface area contributed by atoms with Crippen LogP contribution in [0.4, 0.5) is 0 Å². The molecule has 3 nitrogen and oxygen atoms in total. The molecule has 28 heavy (non-hydrogen) atoms. The monoisotopic (exact) mass is 367 g/mol. The van der Waals surface area contributed by atoms with Crippen LogP contribution in [0, 0.1) is 0 Å². The lowest BCUT2D eigenvalue weighted by Crippen LogP contribution is -2.15. The summed E-state index contributed by atoms with van der Waals surface area (Å²) in [6.07, 6.45) is 4.73. The van der Waals surface area contributed by atoms with Crippen LogP contribution in [0.1, 0.15) is 39.5 Å². The number of benzene rings is 3. The highest BCUT2D eigenvalue weighted by molar-refractivity contribution is 6.08. The molecule has 138 valence electrons. The fourth-order valence-corrected chi connectivity index (χ4v) is 4.54. The van der Waals surface area contributed by atoms with Gasteiger partial charge in [0, 0.05) is 17.8 Å². The van der Waals surface area contributed by atoms with Gasteiger partial charge in [-0.25, -0.2) is 4.79 Å². The molecule has 3 aromatic carbocycles. The number of hydrogen-bond donors (Lipinski definition) is 0. The maximum Gasteiger partial charge on any atom is 0.337 e. The molecule has 0 fully saturated rings. The molecule has 1 aliphatic carbocycles. The van der Waals surface area contributed by atoms with Crippen molar-refractivity contribution < 1.29 is 9.53 Å². The fraction of sp³-hybridized carbons (Fsp3) is 0.200. The lowest BCUT2D eigenvalue weighted by molar-refractivity contribution is 0.0600. The maximum absolute atomic E-state index is 11.9. The smallest absolute Gasteiger partial charge is 0.337 e. The van der Waals surface area contributed by atoms with Crippen LogP contribution >= 0.6 is 0 Å². The first kappa shape index (κ1) is 16.9. The van der Waals surface area contributed by atoms with E-state index in [0.717, 1.165) is 25.0 Å². The number of aromatic nitrogens is 1. The van der Waals surface area contributed by atoms with Gasteiger partial charge >= 0.3 is 5.97 Å². The van der Waals surface area contributed by atoms with Crippen LogP contribution in [0.5, 0.6) is 0 Å². The Morgan fingerprint density at radius 1 is 1.00 bits per heavy atom. The number of hydrogen-bond acceptors (Lipinski definition) is 3. The average Bonchev–Trinajstić information content (AvgIpc) is 2.77. The lowest BCUT2D eigenvalue weighted by atomic mass is 9.79. The molecule has 0 bridgehead atoms. The van der Waals surface area contributed by atoms with Gasteiger partial charge in [-0.15, -0.1) is 0 Å².